The summed E-state index contributed by atoms with van der Waals surface area (Å²) in [7, 11) is -2.02. The van der Waals surface area contributed by atoms with Crippen LogP contribution >= 0.6 is 34.8 Å². The molecule has 24 nitrogen and oxygen atoms in total. The molecule has 15 rings (SSSR count). The number of morpholine rings is 2. The van der Waals surface area contributed by atoms with Crippen LogP contribution in [0.5, 0.6) is 0 Å². The number of carbonyl (C=O) groups is 2. The van der Waals surface area contributed by atoms with Gasteiger partial charge in [0, 0.05) is 162 Å². The number of rotatable bonds is 8. The third-order valence-corrected chi connectivity index (χ3v) is 21.3. The number of ether oxygens (including phenoxy) is 4. The highest BCUT2D eigenvalue weighted by Gasteiger charge is 2.53. The molecule has 0 bridgehead atoms. The summed E-state index contributed by atoms with van der Waals surface area (Å²) in [5, 5.41) is 4.35. The lowest BCUT2D eigenvalue weighted by molar-refractivity contribution is 0.00578. The van der Waals surface area contributed by atoms with Gasteiger partial charge in [-0.25, -0.2) is 34.5 Å². The largest absolute Gasteiger partial charge is 0.497 e. The van der Waals surface area contributed by atoms with Gasteiger partial charge in [0.15, 0.2) is 28.6 Å². The van der Waals surface area contributed by atoms with E-state index in [2.05, 4.69) is 51.7 Å². The van der Waals surface area contributed by atoms with Gasteiger partial charge >= 0.3 is 19.3 Å². The molecule has 5 aliphatic heterocycles. The molecule has 13 heterocycles. The minimum Gasteiger partial charge on any atom is -0.443 e. The van der Waals surface area contributed by atoms with Crippen molar-refractivity contribution in [3.05, 3.63) is 99.8 Å². The quantitative estimate of drug-likeness (QED) is 0.101. The Morgan fingerprint density at radius 2 is 1.00 bits per heavy atom. The minimum atomic E-state index is -0.739. The van der Waals surface area contributed by atoms with Crippen LogP contribution in [-0.2, 0) is 62.9 Å². The molecule has 0 spiro atoms. The highest BCUT2D eigenvalue weighted by atomic mass is 35.5. The van der Waals surface area contributed by atoms with Gasteiger partial charge < -0.3 is 46.9 Å². The zero-order valence-electron chi connectivity index (χ0n) is 56.4. The SMILES string of the molecule is CC(C)(C)OC(=O)n1ccc2c(-c3nc(N4CCOCC4)c4oc5ncc(CN6CCS(=O)CC6)cc5c4n3)c(Cl)ccc21.CC(C)(C)OC(=O)n1ccc2c(B3OC(C)(C)C(C)(C)O3)c(Cl)ccc21.O=S1CCN(Cc2cnc3oc4c(N5CCOCC5)nc(Cl)nc4c3c2)CC1. The Labute approximate surface area is 586 Å². The van der Waals surface area contributed by atoms with Gasteiger partial charge in [-0.05, 0) is 140 Å². The van der Waals surface area contributed by atoms with Crippen LogP contribution in [0.4, 0.5) is 21.2 Å². The Bertz CT molecular complexity index is 4710. The second-order valence-electron chi connectivity index (χ2n) is 27.8. The fourth-order valence-corrected chi connectivity index (χ4v) is 15.2. The van der Waals surface area contributed by atoms with Crippen LogP contribution < -0.4 is 15.3 Å². The maximum atomic E-state index is 13.0. The van der Waals surface area contributed by atoms with Gasteiger partial charge in [-0.2, -0.15) is 4.98 Å². The van der Waals surface area contributed by atoms with Crippen LogP contribution in [0.25, 0.3) is 77.6 Å². The molecule has 0 amide bonds. The van der Waals surface area contributed by atoms with Gasteiger partial charge in [-0.15, -0.1) is 0 Å². The maximum Gasteiger partial charge on any atom is 0.497 e. The van der Waals surface area contributed by atoms with E-state index < -0.39 is 63.3 Å². The molecule has 0 unspecified atom stereocenters. The molecule has 30 heteroatoms. The molecule has 0 aliphatic carbocycles. The van der Waals surface area contributed by atoms with Crippen LogP contribution in [0, 0.1) is 0 Å². The number of aromatic nitrogens is 8. The first-order valence-electron chi connectivity index (χ1n) is 32.7. The average Bonchev–Trinajstić information content (AvgIpc) is 1.65. The van der Waals surface area contributed by atoms with Gasteiger partial charge in [0.25, 0.3) is 0 Å². The third-order valence-electron chi connectivity index (χ3n) is 17.9. The summed E-state index contributed by atoms with van der Waals surface area (Å²) in [6.45, 7) is 28.9. The normalized spacial score (nSPS) is 18.4. The summed E-state index contributed by atoms with van der Waals surface area (Å²) in [5.41, 5.74) is 6.10. The van der Waals surface area contributed by atoms with Crippen molar-refractivity contribution < 1.29 is 55.1 Å². The Balaban J connectivity index is 0.000000139. The van der Waals surface area contributed by atoms with Crippen molar-refractivity contribution >= 4 is 159 Å². The molecule has 5 saturated heterocycles. The molecular weight excluding hydrogens is 1360 g/mol. The van der Waals surface area contributed by atoms with Crippen molar-refractivity contribution in [2.45, 2.75) is 105 Å². The summed E-state index contributed by atoms with van der Waals surface area (Å²) in [4.78, 5) is 62.4. The standard InChI is InChI=1S/C31H33ClN6O5S.C19H25BClNO4.C18H20ClN5O3S/c1-31(2,3)43-30(39)38-7-6-20-23(38)5-4-22(32)24(20)27-34-25-21-16-19(18-36-10-14-44(40)15-11-36)17-33-29(21)42-26(25)28(35-27)37-8-12-41-13-9-37;1-17(2,3)24-16(23)22-11-10-12-14(22)9-8-13(21)15(12)20-25-18(4,5)19(6,7)26-20;19-18-21-14-13-9-12(11-23-3-7-28(25)8-4-23)10-20-17(13)27-15(14)16(22-18)24-1-5-26-6-2-24/h4-7,16-17H,8-15,18H2,1-3H3;8-11H,1-7H3;9-10H,1-8,11H2. The molecular formula is C68H78BCl3N12O12S2. The highest BCUT2D eigenvalue weighted by molar-refractivity contribution is 7.85. The topological polar surface area (TPSA) is 250 Å². The molecule has 0 radical (unpaired) electrons. The zero-order valence-corrected chi connectivity index (χ0v) is 60.4. The van der Waals surface area contributed by atoms with Gasteiger partial charge in [0.1, 0.15) is 22.2 Å². The summed E-state index contributed by atoms with van der Waals surface area (Å²) < 4.78 is 73.2. The number of furan rings is 2. The lowest BCUT2D eigenvalue weighted by Gasteiger charge is -2.32. The monoisotopic (exact) mass is 1430 g/mol. The van der Waals surface area contributed by atoms with Gasteiger partial charge in [-0.1, -0.05) is 23.2 Å². The van der Waals surface area contributed by atoms with Crippen molar-refractivity contribution in [1.82, 2.24) is 48.8 Å². The number of benzene rings is 2. The van der Waals surface area contributed by atoms with E-state index in [9.17, 15) is 18.0 Å². The van der Waals surface area contributed by atoms with Crippen LogP contribution in [0.15, 0.2) is 82.2 Å². The van der Waals surface area contributed by atoms with E-state index in [0.29, 0.717) is 135 Å². The van der Waals surface area contributed by atoms with Crippen LogP contribution in [0.2, 0.25) is 15.3 Å². The number of fused-ring (bicyclic) bond motifs is 8. The molecule has 98 heavy (non-hydrogen) atoms. The van der Waals surface area contributed by atoms with Crippen molar-refractivity contribution in [1.29, 1.82) is 0 Å². The molecule has 10 aromatic rings. The number of hydrogen-bond acceptors (Lipinski definition) is 22. The number of carbonyl (C=O) groups excluding carboxylic acids is 2. The van der Waals surface area contributed by atoms with Crippen LogP contribution in [-0.4, -0.2) is 201 Å². The zero-order chi connectivity index (χ0) is 69.2. The highest BCUT2D eigenvalue weighted by Crippen LogP contribution is 2.42. The molecule has 8 aromatic heterocycles. The van der Waals surface area contributed by atoms with Crippen molar-refractivity contribution in [2.24, 2.45) is 0 Å². The molecule has 2 aromatic carbocycles. The van der Waals surface area contributed by atoms with Gasteiger partial charge in [0.05, 0.1) is 64.5 Å². The second-order valence-corrected chi connectivity index (χ2v) is 32.3. The molecule has 0 atom stereocenters. The Morgan fingerprint density at radius 1 is 0.561 bits per heavy atom. The molecule has 0 saturated carbocycles. The smallest absolute Gasteiger partial charge is 0.443 e. The first-order valence-corrected chi connectivity index (χ1v) is 36.8. The molecule has 518 valence electrons. The average molecular weight is 1440 g/mol. The van der Waals surface area contributed by atoms with Crippen LogP contribution in [0.1, 0.15) is 80.4 Å². The summed E-state index contributed by atoms with van der Waals surface area (Å²) >= 11 is 19.6. The fraction of sp³-hybridized carbons (Fsp3) is 0.471. The van der Waals surface area contributed by atoms with Crippen molar-refractivity contribution in [2.75, 3.05) is 112 Å². The minimum absolute atomic E-state index is 0.195. The predicted octanol–water partition coefficient (Wildman–Crippen LogP) is 11.4. The number of hydrogen-bond donors (Lipinski definition) is 0. The number of nitrogens with zero attached hydrogens (tertiary/aromatic N) is 12. The van der Waals surface area contributed by atoms with E-state index in [0.717, 1.165) is 95.5 Å². The number of anilines is 2. The first-order chi connectivity index (χ1) is 46.6. The molecule has 5 fully saturated rings. The van der Waals surface area contributed by atoms with E-state index in [1.54, 1.807) is 36.7 Å². The van der Waals surface area contributed by atoms with Crippen LogP contribution in [0.3, 0.4) is 0 Å². The fourth-order valence-electron chi connectivity index (χ4n) is 12.3. The maximum absolute atomic E-state index is 13.0. The van der Waals surface area contributed by atoms with E-state index >= 15 is 0 Å². The van der Waals surface area contributed by atoms with Gasteiger partial charge in [0.2, 0.25) is 16.7 Å². The van der Waals surface area contributed by atoms with E-state index in [1.165, 1.54) is 9.13 Å². The number of pyridine rings is 2. The number of halogens is 3. The van der Waals surface area contributed by atoms with Crippen molar-refractivity contribution in [3.8, 4) is 11.4 Å². The summed E-state index contributed by atoms with van der Waals surface area (Å²) in [5.74, 6) is 4.59. The molecule has 0 N–H and O–H groups in total. The Hall–Kier alpha value is -6.89. The third kappa shape index (κ3) is 14.8. The van der Waals surface area contributed by atoms with E-state index in [1.807, 2.05) is 93.8 Å². The summed E-state index contributed by atoms with van der Waals surface area (Å²) in [6, 6.07) is 14.9. The lowest BCUT2D eigenvalue weighted by Crippen LogP contribution is -2.41. The summed E-state index contributed by atoms with van der Waals surface area (Å²) in [6.07, 6.45) is 6.11. The van der Waals surface area contributed by atoms with Crippen molar-refractivity contribution in [3.63, 3.8) is 0 Å². The lowest BCUT2D eigenvalue weighted by atomic mass is 9.77. The van der Waals surface area contributed by atoms with E-state index in [-0.39, 0.29) is 5.28 Å². The van der Waals surface area contributed by atoms with Gasteiger partial charge in [-0.3, -0.25) is 27.4 Å². The first kappa shape index (κ1) is 69.6. The molecule has 5 aliphatic rings. The van der Waals surface area contributed by atoms with E-state index in [4.69, 9.17) is 81.9 Å². The Kier molecular flexibility index (Phi) is 19.8. The Morgan fingerprint density at radius 3 is 1.48 bits per heavy atom. The second kappa shape index (κ2) is 27.9. The predicted molar refractivity (Wildman–Crippen MR) is 383 cm³/mol.